The Morgan fingerprint density at radius 2 is 2.00 bits per heavy atom. The van der Waals surface area contributed by atoms with E-state index in [1.54, 1.807) is 12.1 Å². The maximum absolute atomic E-state index is 12.0. The highest BCUT2D eigenvalue weighted by atomic mass is 79.9. The molecule has 1 aliphatic rings. The monoisotopic (exact) mass is 372 g/mol. The van der Waals surface area contributed by atoms with Gasteiger partial charge in [0.1, 0.15) is 11.4 Å². The summed E-state index contributed by atoms with van der Waals surface area (Å²) in [6.07, 6.45) is 0. The summed E-state index contributed by atoms with van der Waals surface area (Å²) in [7, 11) is 0. The van der Waals surface area contributed by atoms with Crippen LogP contribution in [-0.4, -0.2) is 55.2 Å². The smallest absolute Gasteiger partial charge is 0.324 e. The second-order valence-corrected chi connectivity index (χ2v) is 5.75. The van der Waals surface area contributed by atoms with Gasteiger partial charge in [0.05, 0.1) is 18.1 Å². The molecule has 8 heteroatoms. The summed E-state index contributed by atoms with van der Waals surface area (Å²) in [4.78, 5) is 23.6. The number of morpholine rings is 1. The minimum absolute atomic E-state index is 0.0101. The summed E-state index contributed by atoms with van der Waals surface area (Å²) in [6, 6.07) is 5.82. The number of nitro groups is 1. The van der Waals surface area contributed by atoms with Crippen LogP contribution in [0.1, 0.15) is 10.4 Å². The van der Waals surface area contributed by atoms with Crippen LogP contribution in [-0.2, 0) is 14.3 Å². The zero-order valence-corrected chi connectivity index (χ0v) is 13.5. The van der Waals surface area contributed by atoms with Crippen molar-refractivity contribution in [2.24, 2.45) is 0 Å². The molecule has 1 unspecified atom stereocenters. The Balaban J connectivity index is 1.79. The standard InChI is InChI=1S/C14H17BrN2O5/c15-13(11-1-3-12(4-2-11)17(19)20)14(18)22-10-7-16-5-8-21-9-6-16/h1-4,13H,5-10H2. The lowest BCUT2D eigenvalue weighted by molar-refractivity contribution is -0.384. The van der Waals surface area contributed by atoms with E-state index in [1.165, 1.54) is 12.1 Å². The lowest BCUT2D eigenvalue weighted by Gasteiger charge is -2.26. The van der Waals surface area contributed by atoms with Crippen molar-refractivity contribution in [1.82, 2.24) is 4.90 Å². The Morgan fingerprint density at radius 3 is 2.59 bits per heavy atom. The Morgan fingerprint density at radius 1 is 1.36 bits per heavy atom. The molecule has 1 aliphatic heterocycles. The quantitative estimate of drug-likeness (QED) is 0.328. The molecule has 0 radical (unpaired) electrons. The van der Waals surface area contributed by atoms with Gasteiger partial charge in [0.15, 0.2) is 0 Å². The molecule has 1 aromatic rings. The number of rotatable bonds is 6. The molecule has 22 heavy (non-hydrogen) atoms. The van der Waals surface area contributed by atoms with E-state index in [2.05, 4.69) is 20.8 Å². The molecule has 7 nitrogen and oxygen atoms in total. The number of nitrogens with zero attached hydrogens (tertiary/aromatic N) is 2. The Hall–Kier alpha value is -1.51. The summed E-state index contributed by atoms with van der Waals surface area (Å²) in [5.41, 5.74) is 0.617. The zero-order valence-electron chi connectivity index (χ0n) is 11.9. The Bertz CT molecular complexity index is 516. The van der Waals surface area contributed by atoms with E-state index >= 15 is 0 Å². The molecule has 1 atom stereocenters. The summed E-state index contributed by atoms with van der Waals surface area (Å²) in [5, 5.41) is 10.6. The molecule has 0 N–H and O–H groups in total. The number of esters is 1. The fourth-order valence-corrected chi connectivity index (χ4v) is 2.51. The first-order valence-electron chi connectivity index (χ1n) is 6.93. The number of halogens is 1. The molecule has 0 amide bonds. The third-order valence-corrected chi connectivity index (χ3v) is 4.26. The number of alkyl halides is 1. The number of carbonyl (C=O) groups is 1. The first-order valence-corrected chi connectivity index (χ1v) is 7.84. The second kappa shape index (κ2) is 8.21. The number of ether oxygens (including phenoxy) is 2. The number of hydrogen-bond donors (Lipinski definition) is 0. The third-order valence-electron chi connectivity index (χ3n) is 3.36. The van der Waals surface area contributed by atoms with Crippen LogP contribution >= 0.6 is 15.9 Å². The molecular formula is C14H17BrN2O5. The van der Waals surface area contributed by atoms with Gasteiger partial charge in [-0.3, -0.25) is 19.8 Å². The third kappa shape index (κ3) is 4.75. The molecule has 2 rings (SSSR count). The molecule has 0 saturated carbocycles. The summed E-state index contributed by atoms with van der Waals surface area (Å²) < 4.78 is 10.5. The molecule has 120 valence electrons. The molecular weight excluding hydrogens is 356 g/mol. The van der Waals surface area contributed by atoms with E-state index in [4.69, 9.17) is 9.47 Å². The van der Waals surface area contributed by atoms with Gasteiger partial charge in [0.25, 0.3) is 5.69 Å². The second-order valence-electron chi connectivity index (χ2n) is 4.83. The molecule has 0 spiro atoms. The number of benzene rings is 1. The zero-order chi connectivity index (χ0) is 15.9. The van der Waals surface area contributed by atoms with Gasteiger partial charge in [-0.2, -0.15) is 0 Å². The maximum atomic E-state index is 12.0. The predicted octanol–water partition coefficient (Wildman–Crippen LogP) is 1.91. The van der Waals surface area contributed by atoms with Crippen LogP contribution in [0, 0.1) is 10.1 Å². The van der Waals surface area contributed by atoms with Crippen LogP contribution in [0.4, 0.5) is 5.69 Å². The number of non-ortho nitro benzene ring substituents is 1. The van der Waals surface area contributed by atoms with Crippen molar-refractivity contribution in [3.8, 4) is 0 Å². The van der Waals surface area contributed by atoms with Crippen molar-refractivity contribution < 1.29 is 19.2 Å². The van der Waals surface area contributed by atoms with Gasteiger partial charge in [-0.05, 0) is 5.56 Å². The van der Waals surface area contributed by atoms with Crippen molar-refractivity contribution in [1.29, 1.82) is 0 Å². The highest BCUT2D eigenvalue weighted by molar-refractivity contribution is 9.09. The van der Waals surface area contributed by atoms with Gasteiger partial charge in [-0.25, -0.2) is 0 Å². The Kier molecular flexibility index (Phi) is 6.29. The Labute approximate surface area is 136 Å². The van der Waals surface area contributed by atoms with E-state index < -0.39 is 15.7 Å². The van der Waals surface area contributed by atoms with Crippen LogP contribution in [0.2, 0.25) is 0 Å². The molecule has 0 bridgehead atoms. The van der Waals surface area contributed by atoms with Crippen LogP contribution in [0.3, 0.4) is 0 Å². The van der Waals surface area contributed by atoms with Gasteiger partial charge < -0.3 is 9.47 Å². The van der Waals surface area contributed by atoms with Crippen LogP contribution in [0.25, 0.3) is 0 Å². The van der Waals surface area contributed by atoms with E-state index in [-0.39, 0.29) is 5.69 Å². The average molecular weight is 373 g/mol. The van der Waals surface area contributed by atoms with Crippen molar-refractivity contribution in [2.45, 2.75) is 4.83 Å². The van der Waals surface area contributed by atoms with Gasteiger partial charge in [-0.1, -0.05) is 28.1 Å². The van der Waals surface area contributed by atoms with Crippen LogP contribution in [0.15, 0.2) is 24.3 Å². The largest absolute Gasteiger partial charge is 0.463 e. The van der Waals surface area contributed by atoms with Crippen molar-refractivity contribution in [3.05, 3.63) is 39.9 Å². The normalized spacial score (nSPS) is 17.0. The van der Waals surface area contributed by atoms with E-state index in [0.717, 1.165) is 13.1 Å². The SMILES string of the molecule is O=C(OCCN1CCOCC1)C(Br)c1ccc([N+](=O)[O-])cc1. The van der Waals surface area contributed by atoms with E-state index in [0.29, 0.717) is 31.9 Å². The van der Waals surface area contributed by atoms with Gasteiger partial charge >= 0.3 is 5.97 Å². The van der Waals surface area contributed by atoms with Gasteiger partial charge in [0, 0.05) is 31.8 Å². The molecule has 0 aliphatic carbocycles. The maximum Gasteiger partial charge on any atom is 0.324 e. The number of nitro benzene ring substituents is 1. The van der Waals surface area contributed by atoms with Crippen LogP contribution < -0.4 is 0 Å². The minimum Gasteiger partial charge on any atom is -0.463 e. The molecule has 1 fully saturated rings. The van der Waals surface area contributed by atoms with Crippen molar-refractivity contribution in [3.63, 3.8) is 0 Å². The first-order chi connectivity index (χ1) is 10.6. The number of carbonyl (C=O) groups excluding carboxylic acids is 1. The van der Waals surface area contributed by atoms with Crippen LogP contribution in [0.5, 0.6) is 0 Å². The lowest BCUT2D eigenvalue weighted by atomic mass is 10.1. The van der Waals surface area contributed by atoms with E-state index in [1.807, 2.05) is 0 Å². The van der Waals surface area contributed by atoms with Gasteiger partial charge in [0.2, 0.25) is 0 Å². The summed E-state index contributed by atoms with van der Waals surface area (Å²) >= 11 is 3.26. The fourth-order valence-electron chi connectivity index (χ4n) is 2.07. The molecule has 0 aromatic heterocycles. The highest BCUT2D eigenvalue weighted by Crippen LogP contribution is 2.26. The summed E-state index contributed by atoms with van der Waals surface area (Å²) in [5.74, 6) is -0.401. The predicted molar refractivity (Wildman–Crippen MR) is 83.0 cm³/mol. The summed E-state index contributed by atoms with van der Waals surface area (Å²) in [6.45, 7) is 4.09. The lowest BCUT2D eigenvalue weighted by Crippen LogP contribution is -2.38. The van der Waals surface area contributed by atoms with Crippen molar-refractivity contribution in [2.75, 3.05) is 39.5 Å². The topological polar surface area (TPSA) is 81.9 Å². The first kappa shape index (κ1) is 16.9. The number of hydrogen-bond acceptors (Lipinski definition) is 6. The van der Waals surface area contributed by atoms with E-state index in [9.17, 15) is 14.9 Å². The van der Waals surface area contributed by atoms with Crippen molar-refractivity contribution >= 4 is 27.6 Å². The van der Waals surface area contributed by atoms with Gasteiger partial charge in [-0.15, -0.1) is 0 Å². The highest BCUT2D eigenvalue weighted by Gasteiger charge is 2.20. The minimum atomic E-state index is -0.627. The molecule has 1 heterocycles. The molecule has 1 saturated heterocycles. The average Bonchev–Trinajstić information content (AvgIpc) is 2.55. The fraction of sp³-hybridized carbons (Fsp3) is 0.500. The molecule has 1 aromatic carbocycles.